The molecule has 1 aromatic carbocycles. The first-order valence-corrected chi connectivity index (χ1v) is 6.16. The molecule has 4 heteroatoms. The zero-order valence-electron chi connectivity index (χ0n) is 8.94. The van der Waals surface area contributed by atoms with Crippen LogP contribution in [0.3, 0.4) is 0 Å². The average Bonchev–Trinajstić information content (AvgIpc) is 2.80. The van der Waals surface area contributed by atoms with Crippen molar-refractivity contribution in [2.45, 2.75) is 12.3 Å². The van der Waals surface area contributed by atoms with E-state index in [2.05, 4.69) is 21.2 Å². The molecule has 0 spiro atoms. The van der Waals surface area contributed by atoms with Crippen molar-refractivity contribution in [3.63, 3.8) is 0 Å². The van der Waals surface area contributed by atoms with E-state index in [4.69, 9.17) is 4.42 Å². The summed E-state index contributed by atoms with van der Waals surface area (Å²) in [5.41, 5.74) is 1.96. The van der Waals surface area contributed by atoms with Crippen molar-refractivity contribution in [1.29, 1.82) is 0 Å². The predicted molar refractivity (Wildman–Crippen MR) is 67.9 cm³/mol. The first kappa shape index (κ1) is 10.6. The Morgan fingerprint density at radius 1 is 1.35 bits per heavy atom. The van der Waals surface area contributed by atoms with Crippen LogP contribution in [0, 0.1) is 0 Å². The zero-order valence-corrected chi connectivity index (χ0v) is 10.5. The van der Waals surface area contributed by atoms with E-state index in [9.17, 15) is 4.79 Å². The van der Waals surface area contributed by atoms with Crippen LogP contribution in [0.25, 0.3) is 0 Å². The molecule has 1 amide bonds. The summed E-state index contributed by atoms with van der Waals surface area (Å²) >= 11 is 3.40. The van der Waals surface area contributed by atoms with Crippen molar-refractivity contribution >= 4 is 27.5 Å². The van der Waals surface area contributed by atoms with E-state index >= 15 is 0 Å². The van der Waals surface area contributed by atoms with Gasteiger partial charge in [0.1, 0.15) is 5.76 Å². The van der Waals surface area contributed by atoms with E-state index in [1.807, 2.05) is 30.3 Å². The Morgan fingerprint density at radius 2 is 2.24 bits per heavy atom. The second-order valence-electron chi connectivity index (χ2n) is 4.05. The molecule has 17 heavy (non-hydrogen) atoms. The van der Waals surface area contributed by atoms with Crippen LogP contribution in [-0.2, 0) is 4.79 Å². The minimum atomic E-state index is 0.0156. The van der Waals surface area contributed by atoms with Gasteiger partial charge in [-0.3, -0.25) is 4.79 Å². The Labute approximate surface area is 107 Å². The number of amides is 1. The Hall–Kier alpha value is -1.55. The number of carbonyl (C=O) groups excluding carboxylic acids is 1. The lowest BCUT2D eigenvalue weighted by molar-refractivity contribution is -0.116. The van der Waals surface area contributed by atoms with Crippen LogP contribution in [-0.4, -0.2) is 5.91 Å². The van der Waals surface area contributed by atoms with Gasteiger partial charge in [0.2, 0.25) is 5.91 Å². The second-order valence-corrected chi connectivity index (χ2v) is 4.97. The third kappa shape index (κ3) is 1.89. The van der Waals surface area contributed by atoms with Crippen molar-refractivity contribution < 1.29 is 9.21 Å². The van der Waals surface area contributed by atoms with Gasteiger partial charge in [-0.2, -0.15) is 0 Å². The van der Waals surface area contributed by atoms with Gasteiger partial charge in [0.05, 0.1) is 12.2 Å². The van der Waals surface area contributed by atoms with Crippen LogP contribution in [0.15, 0.2) is 45.5 Å². The lowest BCUT2D eigenvalue weighted by Gasteiger charge is -2.24. The van der Waals surface area contributed by atoms with Crippen molar-refractivity contribution in [2.75, 3.05) is 5.32 Å². The largest absolute Gasteiger partial charge is 0.469 e. The molecular weight excluding hydrogens is 282 g/mol. The van der Waals surface area contributed by atoms with Gasteiger partial charge < -0.3 is 9.73 Å². The van der Waals surface area contributed by atoms with E-state index < -0.39 is 0 Å². The maximum absolute atomic E-state index is 11.7. The molecule has 0 bridgehead atoms. The first-order valence-electron chi connectivity index (χ1n) is 5.37. The molecule has 3 nitrogen and oxygen atoms in total. The van der Waals surface area contributed by atoms with Gasteiger partial charge in [-0.15, -0.1) is 0 Å². The number of hydrogen-bond acceptors (Lipinski definition) is 2. The first-order chi connectivity index (χ1) is 8.24. The molecule has 1 unspecified atom stereocenters. The lowest BCUT2D eigenvalue weighted by Crippen LogP contribution is -2.23. The fourth-order valence-corrected chi connectivity index (χ4v) is 2.54. The summed E-state index contributed by atoms with van der Waals surface area (Å²) in [4.78, 5) is 11.7. The number of carbonyl (C=O) groups is 1. The van der Waals surface area contributed by atoms with Crippen molar-refractivity contribution in [3.05, 3.63) is 52.4 Å². The highest BCUT2D eigenvalue weighted by Crippen LogP contribution is 2.38. The van der Waals surface area contributed by atoms with Gasteiger partial charge in [-0.1, -0.05) is 22.0 Å². The molecule has 2 aromatic rings. The predicted octanol–water partition coefficient (Wildman–Crippen LogP) is 3.52. The molecular formula is C13H10BrNO2. The van der Waals surface area contributed by atoms with E-state index in [0.717, 1.165) is 21.5 Å². The monoisotopic (exact) mass is 291 g/mol. The average molecular weight is 292 g/mol. The molecule has 86 valence electrons. The zero-order chi connectivity index (χ0) is 11.8. The molecule has 0 saturated carbocycles. The van der Waals surface area contributed by atoms with E-state index in [0.29, 0.717) is 6.42 Å². The van der Waals surface area contributed by atoms with E-state index in [-0.39, 0.29) is 11.8 Å². The molecule has 0 fully saturated rings. The minimum absolute atomic E-state index is 0.0156. The van der Waals surface area contributed by atoms with Gasteiger partial charge in [0.25, 0.3) is 0 Å². The van der Waals surface area contributed by atoms with Crippen molar-refractivity contribution in [1.82, 2.24) is 0 Å². The van der Waals surface area contributed by atoms with Gasteiger partial charge in [0.15, 0.2) is 0 Å². The van der Waals surface area contributed by atoms with Crippen molar-refractivity contribution in [2.24, 2.45) is 0 Å². The van der Waals surface area contributed by atoms with Crippen molar-refractivity contribution in [3.8, 4) is 0 Å². The Bertz CT molecular complexity index is 563. The quantitative estimate of drug-likeness (QED) is 0.874. The Morgan fingerprint density at radius 3 is 3.00 bits per heavy atom. The fourth-order valence-electron chi connectivity index (χ4n) is 2.18. The highest BCUT2D eigenvalue weighted by molar-refractivity contribution is 9.10. The number of halogens is 1. The summed E-state index contributed by atoms with van der Waals surface area (Å²) in [6.07, 6.45) is 2.07. The van der Waals surface area contributed by atoms with Gasteiger partial charge in [-0.25, -0.2) is 0 Å². The highest BCUT2D eigenvalue weighted by atomic mass is 79.9. The van der Waals surface area contributed by atoms with E-state index in [1.165, 1.54) is 0 Å². The standard InChI is InChI=1S/C13H10BrNO2/c14-8-3-4-9-10(12-2-1-5-17-12)7-13(16)15-11(9)6-8/h1-6,10H,7H2,(H,15,16). The third-order valence-corrected chi connectivity index (χ3v) is 3.43. The molecule has 0 radical (unpaired) electrons. The van der Waals surface area contributed by atoms with E-state index in [1.54, 1.807) is 6.26 Å². The molecule has 1 atom stereocenters. The number of benzene rings is 1. The topological polar surface area (TPSA) is 42.2 Å². The summed E-state index contributed by atoms with van der Waals surface area (Å²) in [6, 6.07) is 9.68. The van der Waals surface area contributed by atoms with Crippen LogP contribution in [0.4, 0.5) is 5.69 Å². The van der Waals surface area contributed by atoms with Crippen LogP contribution in [0.5, 0.6) is 0 Å². The summed E-state index contributed by atoms with van der Waals surface area (Å²) in [6.45, 7) is 0. The number of furan rings is 1. The molecule has 2 heterocycles. The Balaban J connectivity index is 2.11. The second kappa shape index (κ2) is 4.04. The minimum Gasteiger partial charge on any atom is -0.469 e. The molecule has 1 N–H and O–H groups in total. The summed E-state index contributed by atoms with van der Waals surface area (Å²) < 4.78 is 6.37. The molecule has 1 aliphatic rings. The number of rotatable bonds is 1. The maximum Gasteiger partial charge on any atom is 0.225 e. The van der Waals surface area contributed by atoms with Gasteiger partial charge in [-0.05, 0) is 29.8 Å². The SMILES string of the molecule is O=C1CC(c2ccco2)c2ccc(Br)cc2N1. The number of fused-ring (bicyclic) bond motifs is 1. The maximum atomic E-state index is 11.7. The summed E-state index contributed by atoms with van der Waals surface area (Å²) in [5, 5.41) is 2.88. The molecule has 1 aliphatic heterocycles. The smallest absolute Gasteiger partial charge is 0.225 e. The fraction of sp³-hybridized carbons (Fsp3) is 0.154. The third-order valence-electron chi connectivity index (χ3n) is 2.94. The molecule has 0 saturated heterocycles. The molecule has 0 aliphatic carbocycles. The van der Waals surface area contributed by atoms with Gasteiger partial charge >= 0.3 is 0 Å². The number of nitrogens with one attached hydrogen (secondary N) is 1. The lowest BCUT2D eigenvalue weighted by atomic mass is 9.89. The summed E-state index contributed by atoms with van der Waals surface area (Å²) in [5.74, 6) is 0.877. The number of anilines is 1. The Kier molecular flexibility index (Phi) is 2.52. The van der Waals surface area contributed by atoms with Gasteiger partial charge in [0, 0.05) is 16.6 Å². The highest BCUT2D eigenvalue weighted by Gasteiger charge is 2.28. The van der Waals surface area contributed by atoms with Crippen LogP contribution >= 0.6 is 15.9 Å². The summed E-state index contributed by atoms with van der Waals surface area (Å²) in [7, 11) is 0. The molecule has 1 aromatic heterocycles. The van der Waals surface area contributed by atoms with Crippen LogP contribution < -0.4 is 5.32 Å². The normalized spacial score (nSPS) is 18.6. The molecule has 3 rings (SSSR count). The number of hydrogen-bond donors (Lipinski definition) is 1. The van der Waals surface area contributed by atoms with Crippen LogP contribution in [0.1, 0.15) is 23.7 Å². The van der Waals surface area contributed by atoms with Crippen LogP contribution in [0.2, 0.25) is 0 Å².